The molecule has 5 heteroatoms. The predicted octanol–water partition coefficient (Wildman–Crippen LogP) is 2.18. The molecule has 0 aliphatic heterocycles. The van der Waals surface area contributed by atoms with Gasteiger partial charge in [0.15, 0.2) is 0 Å². The first kappa shape index (κ1) is 9.76. The molecule has 1 aromatic carbocycles. The lowest BCUT2D eigenvalue weighted by Gasteiger charge is -2.09. The fourth-order valence-corrected chi connectivity index (χ4v) is 1.30. The van der Waals surface area contributed by atoms with Gasteiger partial charge in [0.05, 0.1) is 16.7 Å². The van der Waals surface area contributed by atoms with Crippen LogP contribution in [0, 0.1) is 10.1 Å². The van der Waals surface area contributed by atoms with Crippen molar-refractivity contribution in [2.75, 3.05) is 12.4 Å². The summed E-state index contributed by atoms with van der Waals surface area (Å²) < 4.78 is 5.60. The highest BCUT2D eigenvalue weighted by atomic mass is 16.6. The zero-order valence-corrected chi connectivity index (χ0v) is 8.40. The van der Waals surface area contributed by atoms with E-state index in [0.29, 0.717) is 17.5 Å². The molecule has 0 amide bonds. The van der Waals surface area contributed by atoms with Crippen LogP contribution in [0.1, 0.15) is 12.8 Å². The molecule has 0 radical (unpaired) electrons. The molecule has 1 fully saturated rings. The summed E-state index contributed by atoms with van der Waals surface area (Å²) in [7, 11) is 1.72. The molecule has 1 saturated carbocycles. The van der Waals surface area contributed by atoms with E-state index in [4.69, 9.17) is 4.74 Å². The van der Waals surface area contributed by atoms with Gasteiger partial charge in [-0.1, -0.05) is 0 Å². The quantitative estimate of drug-likeness (QED) is 0.608. The van der Waals surface area contributed by atoms with Gasteiger partial charge in [-0.15, -0.1) is 0 Å². The molecule has 0 heterocycles. The number of hydrogen-bond donors (Lipinski definition) is 1. The van der Waals surface area contributed by atoms with Crippen molar-refractivity contribution >= 4 is 11.4 Å². The fourth-order valence-electron chi connectivity index (χ4n) is 1.30. The Morgan fingerprint density at radius 3 is 2.80 bits per heavy atom. The first-order valence-electron chi connectivity index (χ1n) is 4.83. The van der Waals surface area contributed by atoms with E-state index in [-0.39, 0.29) is 5.69 Å². The SMILES string of the molecule is CNc1cc([N+](=O)[O-])ccc1OC1CC1. The summed E-state index contributed by atoms with van der Waals surface area (Å²) in [6, 6.07) is 4.58. The molecule has 1 N–H and O–H groups in total. The Morgan fingerprint density at radius 2 is 2.27 bits per heavy atom. The third-order valence-electron chi connectivity index (χ3n) is 2.26. The van der Waals surface area contributed by atoms with Crippen LogP contribution < -0.4 is 10.1 Å². The number of nitro groups is 1. The summed E-state index contributed by atoms with van der Waals surface area (Å²) in [4.78, 5) is 10.1. The Hall–Kier alpha value is -1.78. The van der Waals surface area contributed by atoms with Crippen LogP contribution >= 0.6 is 0 Å². The zero-order valence-electron chi connectivity index (χ0n) is 8.40. The van der Waals surface area contributed by atoms with E-state index in [0.717, 1.165) is 12.8 Å². The molecule has 1 aliphatic rings. The fraction of sp³-hybridized carbons (Fsp3) is 0.400. The first-order valence-corrected chi connectivity index (χ1v) is 4.83. The molecule has 1 aromatic rings. The Balaban J connectivity index is 2.25. The Bertz CT molecular complexity index is 388. The topological polar surface area (TPSA) is 64.4 Å². The van der Waals surface area contributed by atoms with Crippen LogP contribution in [0.3, 0.4) is 0 Å². The van der Waals surface area contributed by atoms with Crippen LogP contribution in [-0.2, 0) is 0 Å². The van der Waals surface area contributed by atoms with E-state index in [1.165, 1.54) is 12.1 Å². The standard InChI is InChI=1S/C10H12N2O3/c1-11-9-6-7(12(13)14)2-5-10(9)15-8-3-4-8/h2,5-6,8,11H,3-4H2,1H3. The second-order valence-electron chi connectivity index (χ2n) is 3.50. The molecule has 80 valence electrons. The van der Waals surface area contributed by atoms with Gasteiger partial charge in [-0.05, 0) is 18.9 Å². The van der Waals surface area contributed by atoms with Crippen LogP contribution in [0.4, 0.5) is 11.4 Å². The van der Waals surface area contributed by atoms with E-state index in [1.807, 2.05) is 0 Å². The normalized spacial score (nSPS) is 14.7. The lowest BCUT2D eigenvalue weighted by Crippen LogP contribution is -2.01. The Labute approximate surface area is 87.2 Å². The highest BCUT2D eigenvalue weighted by Crippen LogP contribution is 2.34. The van der Waals surface area contributed by atoms with Crippen LogP contribution in [0.2, 0.25) is 0 Å². The van der Waals surface area contributed by atoms with E-state index in [9.17, 15) is 10.1 Å². The van der Waals surface area contributed by atoms with E-state index in [1.54, 1.807) is 13.1 Å². The summed E-state index contributed by atoms with van der Waals surface area (Å²) in [5, 5.41) is 13.4. The molecule has 0 atom stereocenters. The smallest absolute Gasteiger partial charge is 0.271 e. The van der Waals surface area contributed by atoms with Crippen LogP contribution in [0.15, 0.2) is 18.2 Å². The van der Waals surface area contributed by atoms with Gasteiger partial charge in [0.2, 0.25) is 0 Å². The number of non-ortho nitro benzene ring substituents is 1. The van der Waals surface area contributed by atoms with Crippen molar-refractivity contribution < 1.29 is 9.66 Å². The summed E-state index contributed by atoms with van der Waals surface area (Å²) >= 11 is 0. The monoisotopic (exact) mass is 208 g/mol. The maximum Gasteiger partial charge on any atom is 0.271 e. The van der Waals surface area contributed by atoms with Crippen molar-refractivity contribution in [1.29, 1.82) is 0 Å². The van der Waals surface area contributed by atoms with Gasteiger partial charge in [-0.3, -0.25) is 10.1 Å². The first-order chi connectivity index (χ1) is 7.20. The van der Waals surface area contributed by atoms with Gasteiger partial charge in [-0.25, -0.2) is 0 Å². The minimum atomic E-state index is -0.415. The number of nitro benzene ring substituents is 1. The summed E-state index contributed by atoms with van der Waals surface area (Å²) in [6.07, 6.45) is 2.43. The molecule has 0 spiro atoms. The molecule has 0 aromatic heterocycles. The van der Waals surface area contributed by atoms with Crippen LogP contribution in [-0.4, -0.2) is 18.1 Å². The Kier molecular flexibility index (Phi) is 2.45. The summed E-state index contributed by atoms with van der Waals surface area (Å²) in [5.41, 5.74) is 0.735. The molecular formula is C10H12N2O3. The van der Waals surface area contributed by atoms with E-state index >= 15 is 0 Å². The number of benzene rings is 1. The van der Waals surface area contributed by atoms with E-state index < -0.39 is 4.92 Å². The number of rotatable bonds is 4. The zero-order chi connectivity index (χ0) is 10.8. The van der Waals surface area contributed by atoms with Crippen molar-refractivity contribution in [2.45, 2.75) is 18.9 Å². The predicted molar refractivity (Wildman–Crippen MR) is 56.3 cm³/mol. The number of anilines is 1. The summed E-state index contributed by atoms with van der Waals surface area (Å²) in [5.74, 6) is 0.686. The largest absolute Gasteiger partial charge is 0.488 e. The molecule has 15 heavy (non-hydrogen) atoms. The number of hydrogen-bond acceptors (Lipinski definition) is 4. The van der Waals surface area contributed by atoms with Gasteiger partial charge in [0, 0.05) is 19.2 Å². The van der Waals surface area contributed by atoms with Gasteiger partial charge < -0.3 is 10.1 Å². The van der Waals surface area contributed by atoms with E-state index in [2.05, 4.69) is 5.32 Å². The van der Waals surface area contributed by atoms with Gasteiger partial charge >= 0.3 is 0 Å². The van der Waals surface area contributed by atoms with Crippen molar-refractivity contribution in [3.8, 4) is 5.75 Å². The van der Waals surface area contributed by atoms with Crippen molar-refractivity contribution in [3.63, 3.8) is 0 Å². The highest BCUT2D eigenvalue weighted by molar-refractivity contribution is 5.61. The lowest BCUT2D eigenvalue weighted by atomic mass is 10.2. The van der Waals surface area contributed by atoms with Gasteiger partial charge in [0.1, 0.15) is 5.75 Å². The van der Waals surface area contributed by atoms with Crippen molar-refractivity contribution in [1.82, 2.24) is 0 Å². The van der Waals surface area contributed by atoms with Crippen molar-refractivity contribution in [3.05, 3.63) is 28.3 Å². The second kappa shape index (κ2) is 3.76. The summed E-state index contributed by atoms with van der Waals surface area (Å²) in [6.45, 7) is 0. The second-order valence-corrected chi connectivity index (χ2v) is 3.50. The molecule has 0 unspecified atom stereocenters. The van der Waals surface area contributed by atoms with Gasteiger partial charge in [0.25, 0.3) is 5.69 Å². The lowest BCUT2D eigenvalue weighted by molar-refractivity contribution is -0.384. The maximum absolute atomic E-state index is 10.6. The minimum absolute atomic E-state index is 0.0718. The number of ether oxygens (including phenoxy) is 1. The molecule has 0 bridgehead atoms. The average molecular weight is 208 g/mol. The molecule has 1 aliphatic carbocycles. The third kappa shape index (κ3) is 2.18. The number of nitrogens with one attached hydrogen (secondary N) is 1. The maximum atomic E-state index is 10.6. The minimum Gasteiger partial charge on any atom is -0.488 e. The molecule has 2 rings (SSSR count). The molecular weight excluding hydrogens is 196 g/mol. The van der Waals surface area contributed by atoms with Gasteiger partial charge in [-0.2, -0.15) is 0 Å². The molecule has 0 saturated heterocycles. The van der Waals surface area contributed by atoms with Crippen molar-refractivity contribution in [2.24, 2.45) is 0 Å². The average Bonchev–Trinajstić information content (AvgIpc) is 3.02. The third-order valence-corrected chi connectivity index (χ3v) is 2.26. The highest BCUT2D eigenvalue weighted by Gasteiger charge is 2.25. The molecule has 5 nitrogen and oxygen atoms in total. The van der Waals surface area contributed by atoms with Crippen LogP contribution in [0.5, 0.6) is 5.75 Å². The number of nitrogens with zero attached hydrogens (tertiary/aromatic N) is 1. The Morgan fingerprint density at radius 1 is 1.53 bits per heavy atom. The van der Waals surface area contributed by atoms with Crippen LogP contribution in [0.25, 0.3) is 0 Å².